The van der Waals surface area contributed by atoms with Gasteiger partial charge in [0, 0.05) is 0 Å². The highest BCUT2D eigenvalue weighted by Gasteiger charge is 2.21. The Hall–Kier alpha value is -2.34. The van der Waals surface area contributed by atoms with Crippen molar-refractivity contribution >= 4 is 16.3 Å². The average Bonchev–Trinajstić information content (AvgIpc) is 2.85. The maximum atomic E-state index is 2.31. The first-order valence-electron chi connectivity index (χ1n) is 7.64. The van der Waals surface area contributed by atoms with Gasteiger partial charge in [-0.1, -0.05) is 67.6 Å². The van der Waals surface area contributed by atoms with E-state index in [1.165, 1.54) is 44.2 Å². The summed E-state index contributed by atoms with van der Waals surface area (Å²) in [6.45, 7) is 4.41. The molecule has 0 unspecified atom stereocenters. The minimum Gasteiger partial charge on any atom is -0.0813 e. The van der Waals surface area contributed by atoms with Crippen LogP contribution in [0.15, 0.2) is 60.7 Å². The molecule has 0 heterocycles. The van der Waals surface area contributed by atoms with Crippen LogP contribution in [-0.2, 0) is 0 Å². The molecule has 3 aromatic carbocycles. The zero-order valence-corrected chi connectivity index (χ0v) is 12.5. The summed E-state index contributed by atoms with van der Waals surface area (Å²) in [5, 5.41) is 2.79. The molecular formula is C21H18. The second-order valence-electron chi connectivity index (χ2n) is 5.73. The topological polar surface area (TPSA) is 0 Å². The van der Waals surface area contributed by atoms with Crippen molar-refractivity contribution in [3.8, 4) is 22.3 Å². The molecule has 0 radical (unpaired) electrons. The molecule has 0 bridgehead atoms. The number of rotatable bonds is 2. The van der Waals surface area contributed by atoms with Gasteiger partial charge in [0.15, 0.2) is 0 Å². The van der Waals surface area contributed by atoms with Crippen LogP contribution >= 0.6 is 0 Å². The van der Waals surface area contributed by atoms with Gasteiger partial charge < -0.3 is 0 Å². The van der Waals surface area contributed by atoms with Gasteiger partial charge in [-0.05, 0) is 57.5 Å². The average molecular weight is 270 g/mol. The fourth-order valence-corrected chi connectivity index (χ4v) is 3.57. The van der Waals surface area contributed by atoms with Crippen molar-refractivity contribution in [3.05, 3.63) is 66.2 Å². The Morgan fingerprint density at radius 1 is 0.810 bits per heavy atom. The van der Waals surface area contributed by atoms with E-state index in [-0.39, 0.29) is 0 Å². The molecule has 0 atom stereocenters. The summed E-state index contributed by atoms with van der Waals surface area (Å²) in [5.74, 6) is 0. The molecule has 4 rings (SSSR count). The van der Waals surface area contributed by atoms with E-state index < -0.39 is 0 Å². The van der Waals surface area contributed by atoms with E-state index >= 15 is 0 Å². The van der Waals surface area contributed by atoms with E-state index in [0.717, 1.165) is 6.42 Å². The standard InChI is InChI=1S/C21H18/c1-3-7-14(2)15-12-13-20-17-9-5-4-8-16(17)19-11-6-10-18(15)21(19)20/h4-13H,3H2,1-2H3. The highest BCUT2D eigenvalue weighted by molar-refractivity contribution is 6.17. The van der Waals surface area contributed by atoms with E-state index in [9.17, 15) is 0 Å². The fourth-order valence-electron chi connectivity index (χ4n) is 3.57. The zero-order valence-electron chi connectivity index (χ0n) is 12.5. The first kappa shape index (κ1) is 12.4. The molecule has 1 aliphatic rings. The molecule has 0 saturated heterocycles. The molecule has 1 aliphatic carbocycles. The second kappa shape index (κ2) is 4.60. The van der Waals surface area contributed by atoms with Gasteiger partial charge in [0.1, 0.15) is 0 Å². The van der Waals surface area contributed by atoms with Gasteiger partial charge >= 0.3 is 0 Å². The smallest absolute Gasteiger partial charge is 0.00203 e. The summed E-state index contributed by atoms with van der Waals surface area (Å²) in [7, 11) is 0. The molecule has 3 aromatic rings. The van der Waals surface area contributed by atoms with Crippen LogP contribution in [0.4, 0.5) is 0 Å². The van der Waals surface area contributed by atoms with Crippen LogP contribution in [0.3, 0.4) is 0 Å². The van der Waals surface area contributed by atoms with Crippen LogP contribution in [-0.4, -0.2) is 0 Å². The summed E-state index contributed by atoms with van der Waals surface area (Å²) in [6, 6.07) is 20.0. The molecule has 102 valence electrons. The molecule has 0 aliphatic heterocycles. The van der Waals surface area contributed by atoms with E-state index in [0.29, 0.717) is 0 Å². The molecule has 0 nitrogen and oxygen atoms in total. The number of hydrogen-bond donors (Lipinski definition) is 0. The van der Waals surface area contributed by atoms with E-state index in [1.807, 2.05) is 0 Å². The number of benzene rings is 3. The minimum absolute atomic E-state index is 1.08. The van der Waals surface area contributed by atoms with Crippen molar-refractivity contribution in [2.45, 2.75) is 20.3 Å². The van der Waals surface area contributed by atoms with Crippen LogP contribution in [0.1, 0.15) is 25.8 Å². The third-order valence-electron chi connectivity index (χ3n) is 4.48. The minimum atomic E-state index is 1.08. The molecule has 0 aromatic heterocycles. The number of allylic oxidation sites excluding steroid dienone is 2. The molecule has 21 heavy (non-hydrogen) atoms. The van der Waals surface area contributed by atoms with Gasteiger partial charge in [0.05, 0.1) is 0 Å². The maximum Gasteiger partial charge on any atom is -0.00203 e. The van der Waals surface area contributed by atoms with Gasteiger partial charge in [0.2, 0.25) is 0 Å². The molecule has 0 N–H and O–H groups in total. The maximum absolute atomic E-state index is 2.31. The molecule has 0 saturated carbocycles. The summed E-state index contributed by atoms with van der Waals surface area (Å²) < 4.78 is 0. The first-order valence-corrected chi connectivity index (χ1v) is 7.64. The van der Waals surface area contributed by atoms with Gasteiger partial charge in [-0.3, -0.25) is 0 Å². The van der Waals surface area contributed by atoms with Crippen molar-refractivity contribution in [2.24, 2.45) is 0 Å². The second-order valence-corrected chi connectivity index (χ2v) is 5.73. The lowest BCUT2D eigenvalue weighted by molar-refractivity contribution is 1.22. The van der Waals surface area contributed by atoms with E-state index in [4.69, 9.17) is 0 Å². The summed E-state index contributed by atoms with van der Waals surface area (Å²) in [5.41, 5.74) is 8.23. The van der Waals surface area contributed by atoms with Crippen LogP contribution in [0.2, 0.25) is 0 Å². The summed E-state index contributed by atoms with van der Waals surface area (Å²) >= 11 is 0. The zero-order chi connectivity index (χ0) is 14.4. The highest BCUT2D eigenvalue weighted by Crippen LogP contribution is 2.48. The van der Waals surface area contributed by atoms with E-state index in [2.05, 4.69) is 74.5 Å². The molecule has 0 heteroatoms. The fraction of sp³-hybridized carbons (Fsp3) is 0.143. The first-order chi connectivity index (χ1) is 10.3. The Balaban J connectivity index is 2.11. The third kappa shape index (κ3) is 1.69. The summed E-state index contributed by atoms with van der Waals surface area (Å²) in [6.07, 6.45) is 3.39. The lowest BCUT2D eigenvalue weighted by Crippen LogP contribution is -1.85. The SMILES string of the molecule is CCC=C(C)c1ccc2c3c(cccc13)-c1ccccc1-2. The number of hydrogen-bond acceptors (Lipinski definition) is 0. The lowest BCUT2D eigenvalue weighted by atomic mass is 9.94. The van der Waals surface area contributed by atoms with Crippen molar-refractivity contribution in [1.82, 2.24) is 0 Å². The van der Waals surface area contributed by atoms with Crippen LogP contribution < -0.4 is 0 Å². The molecule has 0 spiro atoms. The highest BCUT2D eigenvalue weighted by atomic mass is 14.2. The molecular weight excluding hydrogens is 252 g/mol. The predicted octanol–water partition coefficient (Wildman–Crippen LogP) is 6.30. The van der Waals surface area contributed by atoms with Gasteiger partial charge in [0.25, 0.3) is 0 Å². The molecule has 0 amide bonds. The molecule has 0 fully saturated rings. The largest absolute Gasteiger partial charge is 0.0813 e. The van der Waals surface area contributed by atoms with E-state index in [1.54, 1.807) is 0 Å². The quantitative estimate of drug-likeness (QED) is 0.401. The van der Waals surface area contributed by atoms with Crippen LogP contribution in [0.5, 0.6) is 0 Å². The van der Waals surface area contributed by atoms with Crippen molar-refractivity contribution in [3.63, 3.8) is 0 Å². The van der Waals surface area contributed by atoms with Crippen LogP contribution in [0, 0.1) is 0 Å². The Labute approximate surface area is 125 Å². The van der Waals surface area contributed by atoms with Crippen LogP contribution in [0.25, 0.3) is 38.6 Å². The Bertz CT molecular complexity index is 852. The monoisotopic (exact) mass is 270 g/mol. The Kier molecular flexibility index (Phi) is 2.71. The predicted molar refractivity (Wildman–Crippen MR) is 92.3 cm³/mol. The number of fused-ring (bicyclic) bond motifs is 3. The summed E-state index contributed by atoms with van der Waals surface area (Å²) in [4.78, 5) is 0. The lowest BCUT2D eigenvalue weighted by Gasteiger charge is -2.09. The van der Waals surface area contributed by atoms with Gasteiger partial charge in [-0.25, -0.2) is 0 Å². The van der Waals surface area contributed by atoms with Crippen molar-refractivity contribution in [2.75, 3.05) is 0 Å². The Morgan fingerprint density at radius 3 is 2.19 bits per heavy atom. The van der Waals surface area contributed by atoms with Crippen molar-refractivity contribution in [1.29, 1.82) is 0 Å². The Morgan fingerprint density at radius 2 is 1.48 bits per heavy atom. The normalized spacial score (nSPS) is 12.8. The van der Waals surface area contributed by atoms with Crippen molar-refractivity contribution < 1.29 is 0 Å². The van der Waals surface area contributed by atoms with Gasteiger partial charge in [-0.2, -0.15) is 0 Å². The third-order valence-corrected chi connectivity index (χ3v) is 4.48. The van der Waals surface area contributed by atoms with Gasteiger partial charge in [-0.15, -0.1) is 0 Å².